The number of nitrogens with two attached hydrogens (primary N) is 1. The quantitative estimate of drug-likeness (QED) is 0.257. The monoisotopic (exact) mass is 554 g/mol. The Bertz CT molecular complexity index is 1450. The van der Waals surface area contributed by atoms with Gasteiger partial charge in [-0.15, -0.1) is 11.3 Å². The van der Waals surface area contributed by atoms with E-state index >= 15 is 0 Å². The summed E-state index contributed by atoms with van der Waals surface area (Å²) in [7, 11) is 1.50. The predicted molar refractivity (Wildman–Crippen MR) is 128 cm³/mol. The predicted octanol–water partition coefficient (Wildman–Crippen LogP) is 1.32. The highest BCUT2D eigenvalue weighted by molar-refractivity contribution is 7.12. The Kier molecular flexibility index (Phi) is 7.48. The molecule has 0 unspecified atom stereocenters. The molecule has 0 spiro atoms. The standard InChI is InChI=1S/C22H21F3N6O6S/c1-11-7-14(30-8-12(9-30)37-29(2)15(32)3-4-26)28-18-16(11)17(33)13(10-31(18)21-27-5-6-38-21)19(34)36-20(35)22(23,24)25/h5-7,10,12H,3-4,8-9,26H2,1-2H3. The average molecular weight is 555 g/mol. The minimum atomic E-state index is -5.42. The lowest BCUT2D eigenvalue weighted by Gasteiger charge is -2.41. The molecule has 0 aliphatic carbocycles. The maximum atomic E-state index is 13.2. The van der Waals surface area contributed by atoms with E-state index in [1.54, 1.807) is 18.4 Å². The number of alkyl halides is 3. The van der Waals surface area contributed by atoms with Crippen LogP contribution in [0.4, 0.5) is 19.0 Å². The maximum absolute atomic E-state index is 13.2. The highest BCUT2D eigenvalue weighted by Crippen LogP contribution is 2.28. The van der Waals surface area contributed by atoms with Gasteiger partial charge in [0.15, 0.2) is 10.8 Å². The molecular weight excluding hydrogens is 533 g/mol. The van der Waals surface area contributed by atoms with Crippen LogP contribution in [0, 0.1) is 6.92 Å². The number of hydrogen-bond acceptors (Lipinski definition) is 11. The molecule has 0 atom stereocenters. The fraction of sp³-hybridized carbons (Fsp3) is 0.364. The van der Waals surface area contributed by atoms with E-state index in [-0.39, 0.29) is 41.1 Å². The van der Waals surface area contributed by atoms with Crippen LogP contribution < -0.4 is 16.1 Å². The summed E-state index contributed by atoms with van der Waals surface area (Å²) >= 11 is 1.12. The molecule has 2 N–H and O–H groups in total. The smallest absolute Gasteiger partial charge is 0.382 e. The number of halogens is 3. The molecule has 12 nitrogen and oxygen atoms in total. The van der Waals surface area contributed by atoms with Gasteiger partial charge in [-0.1, -0.05) is 0 Å². The first-order chi connectivity index (χ1) is 17.9. The van der Waals surface area contributed by atoms with Crippen molar-refractivity contribution in [1.82, 2.24) is 19.6 Å². The van der Waals surface area contributed by atoms with Gasteiger partial charge in [0.25, 0.3) is 0 Å². The van der Waals surface area contributed by atoms with Gasteiger partial charge in [-0.2, -0.15) is 13.2 Å². The number of fused-ring (bicyclic) bond motifs is 1. The van der Waals surface area contributed by atoms with E-state index in [2.05, 4.69) is 14.7 Å². The van der Waals surface area contributed by atoms with Crippen LogP contribution >= 0.6 is 11.3 Å². The van der Waals surface area contributed by atoms with E-state index in [4.69, 9.17) is 10.6 Å². The number of hydroxylamine groups is 2. The van der Waals surface area contributed by atoms with Crippen molar-refractivity contribution in [2.45, 2.75) is 25.6 Å². The Morgan fingerprint density at radius 2 is 2.00 bits per heavy atom. The van der Waals surface area contributed by atoms with Crippen LogP contribution in [0.5, 0.6) is 0 Å². The summed E-state index contributed by atoms with van der Waals surface area (Å²) in [6.45, 7) is 2.53. The SMILES string of the molecule is Cc1cc(N2CC(ON(C)C(=O)CCN)C2)nc2c1c(=O)c(C(=O)OC(=O)C(F)(F)F)cn2-c1nccs1. The number of nitrogens with zero attached hydrogens (tertiary/aromatic N) is 5. The lowest BCUT2D eigenvalue weighted by Crippen LogP contribution is -2.55. The first kappa shape index (κ1) is 27.2. The molecule has 3 aromatic heterocycles. The Morgan fingerprint density at radius 1 is 1.29 bits per heavy atom. The molecule has 3 aromatic rings. The highest BCUT2D eigenvalue weighted by Gasteiger charge is 2.43. The minimum absolute atomic E-state index is 0.0571. The number of aryl methyl sites for hydroxylation is 1. The van der Waals surface area contributed by atoms with E-state index in [1.807, 2.05) is 4.90 Å². The molecule has 4 rings (SSSR count). The first-order valence-corrected chi connectivity index (χ1v) is 12.0. The van der Waals surface area contributed by atoms with Crippen molar-refractivity contribution in [2.24, 2.45) is 5.73 Å². The molecule has 1 amide bonds. The van der Waals surface area contributed by atoms with Gasteiger partial charge in [-0.3, -0.25) is 19.0 Å². The zero-order chi connectivity index (χ0) is 27.8. The van der Waals surface area contributed by atoms with E-state index in [1.165, 1.54) is 17.8 Å². The molecule has 1 saturated heterocycles. The molecule has 1 fully saturated rings. The van der Waals surface area contributed by atoms with Gasteiger partial charge in [0, 0.05) is 37.8 Å². The topological polar surface area (TPSA) is 150 Å². The van der Waals surface area contributed by atoms with E-state index < -0.39 is 29.1 Å². The van der Waals surface area contributed by atoms with Crippen LogP contribution in [0.1, 0.15) is 22.3 Å². The molecule has 202 valence electrons. The van der Waals surface area contributed by atoms with E-state index in [9.17, 15) is 32.3 Å². The summed E-state index contributed by atoms with van der Waals surface area (Å²) < 4.78 is 43.0. The molecule has 4 heterocycles. The highest BCUT2D eigenvalue weighted by atomic mass is 32.1. The van der Waals surface area contributed by atoms with Gasteiger partial charge < -0.3 is 15.4 Å². The number of hydrogen-bond donors (Lipinski definition) is 1. The molecule has 1 aliphatic heterocycles. The summed E-state index contributed by atoms with van der Waals surface area (Å²) in [6.07, 6.45) is -3.17. The third-order valence-corrected chi connectivity index (χ3v) is 6.36. The molecule has 38 heavy (non-hydrogen) atoms. The minimum Gasteiger partial charge on any atom is -0.382 e. The summed E-state index contributed by atoms with van der Waals surface area (Å²) in [5.41, 5.74) is 4.12. The Balaban J connectivity index is 1.68. The van der Waals surface area contributed by atoms with Crippen molar-refractivity contribution in [3.05, 3.63) is 45.2 Å². The van der Waals surface area contributed by atoms with Gasteiger partial charge in [0.05, 0.1) is 18.5 Å². The maximum Gasteiger partial charge on any atom is 0.491 e. The van der Waals surface area contributed by atoms with Crippen molar-refractivity contribution in [3.63, 3.8) is 0 Å². The second-order valence-electron chi connectivity index (χ2n) is 8.29. The number of amides is 1. The number of aromatic nitrogens is 3. The third kappa shape index (κ3) is 5.36. The van der Waals surface area contributed by atoms with Gasteiger partial charge in [-0.05, 0) is 18.6 Å². The van der Waals surface area contributed by atoms with Crippen LogP contribution in [-0.4, -0.2) is 76.4 Å². The van der Waals surface area contributed by atoms with Crippen molar-refractivity contribution in [1.29, 1.82) is 0 Å². The van der Waals surface area contributed by atoms with Crippen molar-refractivity contribution in [3.8, 4) is 5.13 Å². The summed E-state index contributed by atoms with van der Waals surface area (Å²) in [4.78, 5) is 64.7. The molecule has 16 heteroatoms. The van der Waals surface area contributed by atoms with E-state index in [0.29, 0.717) is 24.5 Å². The first-order valence-electron chi connectivity index (χ1n) is 11.1. The second-order valence-corrected chi connectivity index (χ2v) is 9.16. The molecule has 0 saturated carbocycles. The molecule has 1 aliphatic rings. The number of carbonyl (C=O) groups is 3. The Hall–Kier alpha value is -3.89. The van der Waals surface area contributed by atoms with Crippen molar-refractivity contribution in [2.75, 3.05) is 31.6 Å². The number of anilines is 1. The second kappa shape index (κ2) is 10.5. The van der Waals surface area contributed by atoms with Crippen LogP contribution in [0.3, 0.4) is 0 Å². The van der Waals surface area contributed by atoms with Crippen LogP contribution in [0.25, 0.3) is 16.2 Å². The number of pyridine rings is 2. The van der Waals surface area contributed by atoms with Gasteiger partial charge in [-0.25, -0.2) is 24.6 Å². The summed E-state index contributed by atoms with van der Waals surface area (Å²) in [6, 6.07) is 1.57. The van der Waals surface area contributed by atoms with Gasteiger partial charge in [0.2, 0.25) is 11.3 Å². The third-order valence-electron chi connectivity index (χ3n) is 5.59. The number of esters is 2. The molecule has 0 aromatic carbocycles. The fourth-order valence-electron chi connectivity index (χ4n) is 3.72. The lowest BCUT2D eigenvalue weighted by atomic mass is 10.1. The molecule has 0 bridgehead atoms. The Morgan fingerprint density at radius 3 is 2.61 bits per heavy atom. The fourth-order valence-corrected chi connectivity index (χ4v) is 4.34. The van der Waals surface area contributed by atoms with Crippen molar-refractivity contribution < 1.29 is 37.1 Å². The normalized spacial score (nSPS) is 13.9. The van der Waals surface area contributed by atoms with Crippen LogP contribution in [-0.2, 0) is 19.2 Å². The lowest BCUT2D eigenvalue weighted by molar-refractivity contribution is -0.200. The summed E-state index contributed by atoms with van der Waals surface area (Å²) in [5, 5.41) is 2.96. The zero-order valence-corrected chi connectivity index (χ0v) is 20.8. The largest absolute Gasteiger partial charge is 0.491 e. The number of ether oxygens (including phenoxy) is 1. The Labute approximate surface area is 216 Å². The number of carbonyl (C=O) groups excluding carboxylic acids is 3. The zero-order valence-electron chi connectivity index (χ0n) is 20.0. The number of thiazole rings is 1. The van der Waals surface area contributed by atoms with E-state index in [0.717, 1.165) is 22.6 Å². The molecular formula is C22H21F3N6O6S. The average Bonchev–Trinajstić information content (AvgIpc) is 3.35. The summed E-state index contributed by atoms with van der Waals surface area (Å²) in [5.74, 6) is -4.29. The van der Waals surface area contributed by atoms with Crippen LogP contribution in [0.15, 0.2) is 28.6 Å². The van der Waals surface area contributed by atoms with Gasteiger partial charge in [0.1, 0.15) is 17.5 Å². The van der Waals surface area contributed by atoms with Crippen molar-refractivity contribution >= 4 is 46.0 Å². The van der Waals surface area contributed by atoms with Gasteiger partial charge >= 0.3 is 18.1 Å². The van der Waals surface area contributed by atoms with Crippen LogP contribution in [0.2, 0.25) is 0 Å². The molecule has 0 radical (unpaired) electrons. The number of rotatable bonds is 7.